The van der Waals surface area contributed by atoms with E-state index in [1.54, 1.807) is 0 Å². The van der Waals surface area contributed by atoms with Gasteiger partial charge in [0.1, 0.15) is 5.02 Å². The van der Waals surface area contributed by atoms with Crippen molar-refractivity contribution < 1.29 is 4.52 Å². The number of rotatable bonds is 1. The summed E-state index contributed by atoms with van der Waals surface area (Å²) in [5.41, 5.74) is 6.61. The molecule has 0 atom stereocenters. The molecule has 6 heteroatoms. The Balaban J connectivity index is 2.54. The van der Waals surface area contributed by atoms with Crippen molar-refractivity contribution >= 4 is 44.7 Å². The van der Waals surface area contributed by atoms with Gasteiger partial charge in [0.15, 0.2) is 11.6 Å². The van der Waals surface area contributed by atoms with Crippen LogP contribution in [-0.2, 0) is 0 Å². The van der Waals surface area contributed by atoms with Gasteiger partial charge in [0.05, 0.1) is 8.66 Å². The molecule has 3 nitrogen and oxygen atoms in total. The normalized spacial score (nSPS) is 10.8. The van der Waals surface area contributed by atoms with Crippen LogP contribution in [0.25, 0.3) is 10.6 Å². The smallest absolute Gasteiger partial charge is 0.197 e. The van der Waals surface area contributed by atoms with Crippen LogP contribution in [0.15, 0.2) is 14.4 Å². The number of hydrogen-bond donors (Lipinski definition) is 1. The van der Waals surface area contributed by atoms with Gasteiger partial charge in [-0.1, -0.05) is 16.8 Å². The first-order valence-corrected chi connectivity index (χ1v) is 5.75. The van der Waals surface area contributed by atoms with E-state index in [-0.39, 0.29) is 5.82 Å². The average Bonchev–Trinajstić information content (AvgIpc) is 2.61. The van der Waals surface area contributed by atoms with Crippen LogP contribution in [-0.4, -0.2) is 5.16 Å². The van der Waals surface area contributed by atoms with Crippen LogP contribution in [0.3, 0.4) is 0 Å². The summed E-state index contributed by atoms with van der Waals surface area (Å²) in [6.07, 6.45) is 0. The summed E-state index contributed by atoms with van der Waals surface area (Å²) in [5.74, 6) is 0.756. The molecule has 0 unspecified atom stereocenters. The summed E-state index contributed by atoms with van der Waals surface area (Å²) in [4.78, 5) is 0.920. The highest BCUT2D eigenvalue weighted by Crippen LogP contribution is 2.39. The van der Waals surface area contributed by atoms with Gasteiger partial charge in [-0.2, -0.15) is 0 Å². The van der Waals surface area contributed by atoms with Crippen LogP contribution >= 0.6 is 38.9 Å². The van der Waals surface area contributed by atoms with Gasteiger partial charge in [0.25, 0.3) is 0 Å². The molecule has 2 aromatic rings. The van der Waals surface area contributed by atoms with Crippen LogP contribution in [0.1, 0.15) is 5.56 Å². The van der Waals surface area contributed by atoms with Gasteiger partial charge >= 0.3 is 0 Å². The molecule has 0 spiro atoms. The van der Waals surface area contributed by atoms with Crippen molar-refractivity contribution in [2.75, 3.05) is 5.73 Å². The highest BCUT2D eigenvalue weighted by atomic mass is 79.9. The molecule has 0 aliphatic rings. The molecule has 2 rings (SSSR count). The van der Waals surface area contributed by atoms with E-state index in [1.807, 2.05) is 13.0 Å². The third-order valence-electron chi connectivity index (χ3n) is 1.74. The van der Waals surface area contributed by atoms with Crippen LogP contribution in [0.2, 0.25) is 5.02 Å². The molecule has 0 bridgehead atoms. The predicted molar refractivity (Wildman–Crippen MR) is 61.7 cm³/mol. The Morgan fingerprint density at radius 2 is 2.36 bits per heavy atom. The fourth-order valence-electron chi connectivity index (χ4n) is 1.02. The van der Waals surface area contributed by atoms with Gasteiger partial charge in [-0.25, -0.2) is 0 Å². The van der Waals surface area contributed by atoms with Crippen molar-refractivity contribution in [1.82, 2.24) is 5.16 Å². The number of nitrogen functional groups attached to an aromatic ring is 1. The van der Waals surface area contributed by atoms with E-state index < -0.39 is 0 Å². The van der Waals surface area contributed by atoms with Crippen molar-refractivity contribution in [1.29, 1.82) is 0 Å². The Morgan fingerprint density at radius 1 is 1.64 bits per heavy atom. The minimum absolute atomic E-state index is 0.226. The van der Waals surface area contributed by atoms with Crippen molar-refractivity contribution in [3.63, 3.8) is 0 Å². The van der Waals surface area contributed by atoms with E-state index in [0.29, 0.717) is 10.8 Å². The molecule has 0 amide bonds. The summed E-state index contributed by atoms with van der Waals surface area (Å²) < 4.78 is 6.09. The van der Waals surface area contributed by atoms with E-state index in [9.17, 15) is 0 Å². The molecule has 14 heavy (non-hydrogen) atoms. The zero-order valence-electron chi connectivity index (χ0n) is 7.17. The predicted octanol–water partition coefficient (Wildman–Crippen LogP) is 3.71. The average molecular weight is 294 g/mol. The molecule has 0 saturated heterocycles. The molecule has 2 aromatic heterocycles. The topological polar surface area (TPSA) is 52.0 Å². The fraction of sp³-hybridized carbons (Fsp3) is 0.125. The molecule has 0 radical (unpaired) electrons. The van der Waals surface area contributed by atoms with E-state index in [0.717, 1.165) is 14.2 Å². The minimum Gasteiger partial charge on any atom is -0.380 e. The molecular formula is C8H6BrClN2OS. The summed E-state index contributed by atoms with van der Waals surface area (Å²) in [6.45, 7) is 2.00. The number of aromatic nitrogens is 1. The maximum absolute atomic E-state index is 5.92. The number of halogens is 2. The lowest BCUT2D eigenvalue weighted by molar-refractivity contribution is 0.436. The second-order valence-corrected chi connectivity index (χ2v) is 5.53. The molecule has 0 aliphatic heterocycles. The van der Waals surface area contributed by atoms with Crippen molar-refractivity contribution in [2.45, 2.75) is 6.92 Å². The standard InChI is InChI=1S/C8H6BrClN2OS/c1-3-2-4(14-7(3)9)6-5(10)8(11)12-13-6/h2H,1H3,(H2,11,12). The number of thiophene rings is 1. The Hall–Kier alpha value is -0.520. The third kappa shape index (κ3) is 1.55. The molecular weight excluding hydrogens is 288 g/mol. The second-order valence-electron chi connectivity index (χ2n) is 2.78. The minimum atomic E-state index is 0.226. The lowest BCUT2D eigenvalue weighted by atomic mass is 10.3. The number of hydrogen-bond acceptors (Lipinski definition) is 4. The van der Waals surface area contributed by atoms with E-state index >= 15 is 0 Å². The second kappa shape index (κ2) is 3.56. The molecule has 0 aliphatic carbocycles. The van der Waals surface area contributed by atoms with Gasteiger partial charge in [0.2, 0.25) is 0 Å². The van der Waals surface area contributed by atoms with E-state index in [4.69, 9.17) is 21.9 Å². The Kier molecular flexibility index (Phi) is 2.55. The monoisotopic (exact) mass is 292 g/mol. The van der Waals surface area contributed by atoms with Gasteiger partial charge in [-0.3, -0.25) is 0 Å². The Labute approximate surface area is 98.0 Å². The zero-order chi connectivity index (χ0) is 10.3. The summed E-state index contributed by atoms with van der Waals surface area (Å²) in [5, 5.41) is 3.97. The van der Waals surface area contributed by atoms with Gasteiger partial charge < -0.3 is 10.3 Å². The van der Waals surface area contributed by atoms with Crippen LogP contribution in [0.4, 0.5) is 5.82 Å². The molecule has 2 heterocycles. The third-order valence-corrected chi connectivity index (χ3v) is 4.24. The highest BCUT2D eigenvalue weighted by molar-refractivity contribution is 9.11. The summed E-state index contributed by atoms with van der Waals surface area (Å²) in [7, 11) is 0. The molecule has 0 aromatic carbocycles. The van der Waals surface area contributed by atoms with Crippen molar-refractivity contribution in [2.24, 2.45) is 0 Å². The lowest BCUT2D eigenvalue weighted by Gasteiger charge is -1.87. The Morgan fingerprint density at radius 3 is 2.79 bits per heavy atom. The maximum Gasteiger partial charge on any atom is 0.197 e. The number of nitrogens with zero attached hydrogens (tertiary/aromatic N) is 1. The number of anilines is 1. The first kappa shape index (κ1) is 10.0. The largest absolute Gasteiger partial charge is 0.380 e. The lowest BCUT2D eigenvalue weighted by Crippen LogP contribution is -1.82. The molecule has 0 saturated carbocycles. The molecule has 2 N–H and O–H groups in total. The quantitative estimate of drug-likeness (QED) is 0.872. The van der Waals surface area contributed by atoms with Crippen LogP contribution in [0.5, 0.6) is 0 Å². The summed E-state index contributed by atoms with van der Waals surface area (Å²) in [6, 6.07) is 1.97. The first-order chi connectivity index (χ1) is 6.59. The van der Waals surface area contributed by atoms with E-state index in [2.05, 4.69) is 21.1 Å². The van der Waals surface area contributed by atoms with Crippen LogP contribution in [0, 0.1) is 6.92 Å². The maximum atomic E-state index is 5.92. The van der Waals surface area contributed by atoms with E-state index in [1.165, 1.54) is 11.3 Å². The first-order valence-electron chi connectivity index (χ1n) is 3.76. The fourth-order valence-corrected chi connectivity index (χ4v) is 2.76. The van der Waals surface area contributed by atoms with Gasteiger partial charge in [0, 0.05) is 0 Å². The number of aryl methyl sites for hydroxylation is 1. The van der Waals surface area contributed by atoms with Crippen LogP contribution < -0.4 is 5.73 Å². The SMILES string of the molecule is Cc1cc(-c2onc(N)c2Cl)sc1Br. The number of nitrogens with two attached hydrogens (primary N) is 1. The van der Waals surface area contributed by atoms with Gasteiger partial charge in [-0.05, 0) is 34.5 Å². The molecule has 74 valence electrons. The van der Waals surface area contributed by atoms with Crippen molar-refractivity contribution in [3.8, 4) is 10.6 Å². The Bertz CT molecular complexity index is 460. The highest BCUT2D eigenvalue weighted by Gasteiger charge is 2.16. The zero-order valence-corrected chi connectivity index (χ0v) is 10.3. The van der Waals surface area contributed by atoms with Gasteiger partial charge in [-0.15, -0.1) is 11.3 Å². The molecule has 0 fully saturated rings. The van der Waals surface area contributed by atoms with Crippen molar-refractivity contribution in [3.05, 3.63) is 20.4 Å². The summed E-state index contributed by atoms with van der Waals surface area (Å²) >= 11 is 10.9.